The van der Waals surface area contributed by atoms with Crippen molar-refractivity contribution in [1.82, 2.24) is 10.3 Å². The predicted octanol–water partition coefficient (Wildman–Crippen LogP) is 3.07. The van der Waals surface area contributed by atoms with Gasteiger partial charge in [0.1, 0.15) is 0 Å². The van der Waals surface area contributed by atoms with E-state index in [2.05, 4.69) is 32.9 Å². The first-order valence-corrected chi connectivity index (χ1v) is 7.09. The largest absolute Gasteiger partial charge is 0.352 e. The van der Waals surface area contributed by atoms with Crippen molar-refractivity contribution in [3.05, 3.63) is 29.0 Å². The van der Waals surface area contributed by atoms with Gasteiger partial charge < -0.3 is 5.32 Å². The predicted molar refractivity (Wildman–Crippen MR) is 74.3 cm³/mol. The number of rotatable bonds is 6. The molecule has 1 heterocycles. The molecule has 0 spiro atoms. The van der Waals surface area contributed by atoms with Crippen LogP contribution >= 0.6 is 34.2 Å². The van der Waals surface area contributed by atoms with E-state index in [4.69, 9.17) is 11.6 Å². The van der Waals surface area contributed by atoms with E-state index in [0.717, 1.165) is 12.8 Å². The highest BCUT2D eigenvalue weighted by Crippen LogP contribution is 2.12. The third-order valence-electron chi connectivity index (χ3n) is 2.11. The Morgan fingerprint density at radius 2 is 2.25 bits per heavy atom. The van der Waals surface area contributed by atoms with Gasteiger partial charge in [-0.2, -0.15) is 0 Å². The average Bonchev–Trinajstić information content (AvgIpc) is 2.29. The molecule has 88 valence electrons. The van der Waals surface area contributed by atoms with Gasteiger partial charge in [-0.3, -0.25) is 9.78 Å². The third-order valence-corrected chi connectivity index (χ3v) is 3.18. The van der Waals surface area contributed by atoms with E-state index in [1.807, 2.05) is 0 Å². The summed E-state index contributed by atoms with van der Waals surface area (Å²) in [4.78, 5) is 15.5. The number of hydrogen-bond acceptors (Lipinski definition) is 2. The molecule has 0 bridgehead atoms. The Balaban J connectivity index is 2.33. The molecule has 0 radical (unpaired) electrons. The number of nitrogens with one attached hydrogen (secondary N) is 1. The first-order valence-electron chi connectivity index (χ1n) is 5.19. The van der Waals surface area contributed by atoms with Gasteiger partial charge in [0.2, 0.25) is 0 Å². The zero-order valence-corrected chi connectivity index (χ0v) is 11.8. The normalized spacial score (nSPS) is 10.1. The Bertz CT molecular complexity index is 347. The van der Waals surface area contributed by atoms with Crippen molar-refractivity contribution in [2.45, 2.75) is 19.3 Å². The summed E-state index contributed by atoms with van der Waals surface area (Å²) in [5.41, 5.74) is 0.491. The number of amides is 1. The molecule has 0 saturated heterocycles. The number of aromatic nitrogens is 1. The molecule has 0 aliphatic rings. The summed E-state index contributed by atoms with van der Waals surface area (Å²) >= 11 is 8.21. The first-order chi connectivity index (χ1) is 7.75. The van der Waals surface area contributed by atoms with Crippen LogP contribution in [-0.2, 0) is 0 Å². The second-order valence-electron chi connectivity index (χ2n) is 3.36. The van der Waals surface area contributed by atoms with Crippen LogP contribution in [0.5, 0.6) is 0 Å². The van der Waals surface area contributed by atoms with Crippen LogP contribution in [0.15, 0.2) is 18.5 Å². The lowest BCUT2D eigenvalue weighted by Gasteiger charge is -2.05. The summed E-state index contributed by atoms with van der Waals surface area (Å²) < 4.78 is 1.17. The molecule has 3 nitrogen and oxygen atoms in total. The number of carbonyl (C=O) groups excluding carboxylic acids is 1. The van der Waals surface area contributed by atoms with E-state index in [0.29, 0.717) is 17.1 Å². The molecule has 5 heteroatoms. The highest BCUT2D eigenvalue weighted by molar-refractivity contribution is 14.1. The second-order valence-corrected chi connectivity index (χ2v) is 4.85. The molecule has 1 N–H and O–H groups in total. The molecule has 1 aromatic rings. The number of halogens is 2. The molecule has 1 aromatic heterocycles. The lowest BCUT2D eigenvalue weighted by Crippen LogP contribution is -2.24. The maximum Gasteiger partial charge on any atom is 0.252 e. The number of unbranched alkanes of at least 4 members (excludes halogenated alkanes) is 2. The van der Waals surface area contributed by atoms with Gasteiger partial charge in [0.05, 0.1) is 10.6 Å². The van der Waals surface area contributed by atoms with Crippen molar-refractivity contribution in [2.24, 2.45) is 0 Å². The van der Waals surface area contributed by atoms with Crippen LogP contribution in [0.1, 0.15) is 29.6 Å². The summed E-state index contributed by atoms with van der Waals surface area (Å²) in [6, 6.07) is 1.63. The van der Waals surface area contributed by atoms with Crippen LogP contribution in [0, 0.1) is 0 Å². The zero-order chi connectivity index (χ0) is 11.8. The van der Waals surface area contributed by atoms with Crippen molar-refractivity contribution in [3.63, 3.8) is 0 Å². The van der Waals surface area contributed by atoms with E-state index in [-0.39, 0.29) is 5.91 Å². The minimum Gasteiger partial charge on any atom is -0.352 e. The fourth-order valence-electron chi connectivity index (χ4n) is 1.25. The summed E-state index contributed by atoms with van der Waals surface area (Å²) in [5.74, 6) is -0.123. The average molecular weight is 353 g/mol. The Morgan fingerprint density at radius 1 is 1.44 bits per heavy atom. The van der Waals surface area contributed by atoms with Crippen molar-refractivity contribution >= 4 is 40.1 Å². The molecule has 16 heavy (non-hydrogen) atoms. The molecule has 0 aliphatic heterocycles. The van der Waals surface area contributed by atoms with Crippen LogP contribution < -0.4 is 5.32 Å². The van der Waals surface area contributed by atoms with E-state index in [1.165, 1.54) is 17.0 Å². The minimum absolute atomic E-state index is 0.123. The maximum absolute atomic E-state index is 11.7. The van der Waals surface area contributed by atoms with Gasteiger partial charge in [-0.25, -0.2) is 0 Å². The Labute approximate surface area is 114 Å². The molecule has 0 aliphatic carbocycles. The number of carbonyl (C=O) groups is 1. The Hall–Kier alpha value is -0.360. The quantitative estimate of drug-likeness (QED) is 0.486. The van der Waals surface area contributed by atoms with E-state index < -0.39 is 0 Å². The molecular weight excluding hydrogens is 338 g/mol. The molecule has 1 rings (SSSR count). The molecule has 0 atom stereocenters. The smallest absolute Gasteiger partial charge is 0.252 e. The summed E-state index contributed by atoms with van der Waals surface area (Å²) in [6.07, 6.45) is 6.40. The summed E-state index contributed by atoms with van der Waals surface area (Å²) in [6.45, 7) is 0.703. The summed E-state index contributed by atoms with van der Waals surface area (Å²) in [7, 11) is 0. The van der Waals surface area contributed by atoms with Crippen molar-refractivity contribution in [2.75, 3.05) is 11.0 Å². The standard InChI is InChI=1S/C11H14ClIN2O/c12-10-8-14-7-4-9(10)11(16)15-6-3-1-2-5-13/h4,7-8H,1-3,5-6H2,(H,15,16). The van der Waals surface area contributed by atoms with Gasteiger partial charge in [0.25, 0.3) is 5.91 Å². The molecule has 1 amide bonds. The highest BCUT2D eigenvalue weighted by atomic mass is 127. The van der Waals surface area contributed by atoms with E-state index in [1.54, 1.807) is 12.3 Å². The van der Waals surface area contributed by atoms with Crippen LogP contribution in [-0.4, -0.2) is 21.9 Å². The lowest BCUT2D eigenvalue weighted by molar-refractivity contribution is 0.0953. The molecular formula is C11H14ClIN2O. The van der Waals surface area contributed by atoms with Gasteiger partial charge in [-0.1, -0.05) is 40.6 Å². The van der Waals surface area contributed by atoms with Gasteiger partial charge in [0, 0.05) is 18.9 Å². The lowest BCUT2D eigenvalue weighted by atomic mass is 10.2. The van der Waals surface area contributed by atoms with Crippen molar-refractivity contribution in [1.29, 1.82) is 0 Å². The molecule has 0 aromatic carbocycles. The minimum atomic E-state index is -0.123. The van der Waals surface area contributed by atoms with E-state index >= 15 is 0 Å². The molecule has 0 unspecified atom stereocenters. The van der Waals surface area contributed by atoms with Gasteiger partial charge in [-0.15, -0.1) is 0 Å². The SMILES string of the molecule is O=C(NCCCCCI)c1ccncc1Cl. The van der Waals surface area contributed by atoms with Crippen molar-refractivity contribution in [3.8, 4) is 0 Å². The number of pyridine rings is 1. The topological polar surface area (TPSA) is 42.0 Å². The van der Waals surface area contributed by atoms with Gasteiger partial charge in [0.15, 0.2) is 0 Å². The van der Waals surface area contributed by atoms with Crippen molar-refractivity contribution < 1.29 is 4.79 Å². The highest BCUT2D eigenvalue weighted by Gasteiger charge is 2.08. The third kappa shape index (κ3) is 4.65. The van der Waals surface area contributed by atoms with Crippen LogP contribution in [0.3, 0.4) is 0 Å². The second kappa shape index (κ2) is 7.84. The Kier molecular flexibility index (Phi) is 6.71. The Morgan fingerprint density at radius 3 is 2.94 bits per heavy atom. The number of hydrogen-bond donors (Lipinski definition) is 1. The van der Waals surface area contributed by atoms with E-state index in [9.17, 15) is 4.79 Å². The van der Waals surface area contributed by atoms with Crippen LogP contribution in [0.4, 0.5) is 0 Å². The van der Waals surface area contributed by atoms with Gasteiger partial charge in [-0.05, 0) is 23.3 Å². The summed E-state index contributed by atoms with van der Waals surface area (Å²) in [5, 5.41) is 3.24. The molecule has 0 fully saturated rings. The maximum atomic E-state index is 11.7. The fraction of sp³-hybridized carbons (Fsp3) is 0.455. The first kappa shape index (κ1) is 13.7. The monoisotopic (exact) mass is 352 g/mol. The molecule has 0 saturated carbocycles. The fourth-order valence-corrected chi connectivity index (χ4v) is 2.00. The van der Waals surface area contributed by atoms with Gasteiger partial charge >= 0.3 is 0 Å². The zero-order valence-electron chi connectivity index (χ0n) is 8.88. The van der Waals surface area contributed by atoms with Crippen LogP contribution in [0.25, 0.3) is 0 Å². The number of alkyl halides is 1. The number of nitrogens with zero attached hydrogens (tertiary/aromatic N) is 1. The van der Waals surface area contributed by atoms with Crippen LogP contribution in [0.2, 0.25) is 5.02 Å².